The number of non-ortho nitro benzene ring substituents is 1. The molecule has 0 saturated heterocycles. The van der Waals surface area contributed by atoms with Crippen LogP contribution in [0.5, 0.6) is 0 Å². The Labute approximate surface area is 153 Å². The standard InChI is InChI=1S/C19H17N3O3S/c1-10-2-7-15-12(8-10)9-14-16(20)18(26-19(14)21-15)17(23)11-3-5-13(6-4-11)22(24)25/h3-6,9-10H,2,7-8,20H2,1H3. The molecule has 6 nitrogen and oxygen atoms in total. The molecule has 2 N–H and O–H groups in total. The van der Waals surface area contributed by atoms with E-state index in [-0.39, 0.29) is 11.5 Å². The topological polar surface area (TPSA) is 99.1 Å². The zero-order valence-electron chi connectivity index (χ0n) is 14.2. The Morgan fingerprint density at radius 1 is 1.35 bits per heavy atom. The number of carbonyl (C=O) groups is 1. The highest BCUT2D eigenvalue weighted by atomic mass is 32.1. The number of aromatic nitrogens is 1. The number of anilines is 1. The van der Waals surface area contributed by atoms with Crippen molar-refractivity contribution in [3.63, 3.8) is 0 Å². The van der Waals surface area contributed by atoms with Gasteiger partial charge in [0.15, 0.2) is 0 Å². The number of pyridine rings is 1. The van der Waals surface area contributed by atoms with E-state index in [0.717, 1.165) is 35.2 Å². The van der Waals surface area contributed by atoms with Crippen molar-refractivity contribution in [3.05, 3.63) is 62.1 Å². The van der Waals surface area contributed by atoms with Gasteiger partial charge in [0.2, 0.25) is 5.78 Å². The van der Waals surface area contributed by atoms with Crippen molar-refractivity contribution in [2.45, 2.75) is 26.2 Å². The molecule has 1 atom stereocenters. The van der Waals surface area contributed by atoms with Crippen LogP contribution in [0.15, 0.2) is 30.3 Å². The molecule has 1 aromatic carbocycles. The number of nitrogens with two attached hydrogens (primary N) is 1. The number of nitro groups is 1. The number of rotatable bonds is 3. The molecular weight excluding hydrogens is 350 g/mol. The smallest absolute Gasteiger partial charge is 0.269 e. The summed E-state index contributed by atoms with van der Waals surface area (Å²) in [5.41, 5.74) is 9.37. The maximum Gasteiger partial charge on any atom is 0.269 e. The fourth-order valence-electron chi connectivity index (χ4n) is 3.41. The molecule has 2 heterocycles. The first kappa shape index (κ1) is 16.7. The Bertz CT molecular complexity index is 1040. The van der Waals surface area contributed by atoms with Gasteiger partial charge in [0.25, 0.3) is 5.69 Å². The molecule has 0 radical (unpaired) electrons. The number of thiophene rings is 1. The Hall–Kier alpha value is -2.80. The highest BCUT2D eigenvalue weighted by Gasteiger charge is 2.23. The second-order valence-corrected chi connectivity index (χ2v) is 7.77. The number of fused-ring (bicyclic) bond motifs is 2. The number of nitrogen functional groups attached to an aromatic ring is 1. The second-order valence-electron chi connectivity index (χ2n) is 6.77. The molecule has 3 aromatic rings. The lowest BCUT2D eigenvalue weighted by atomic mass is 9.87. The summed E-state index contributed by atoms with van der Waals surface area (Å²) < 4.78 is 0. The van der Waals surface area contributed by atoms with Crippen LogP contribution in [0.4, 0.5) is 11.4 Å². The third-order valence-corrected chi connectivity index (χ3v) is 5.99. The predicted octanol–water partition coefficient (Wildman–Crippen LogP) is 4.14. The molecule has 26 heavy (non-hydrogen) atoms. The van der Waals surface area contributed by atoms with E-state index >= 15 is 0 Å². The van der Waals surface area contributed by atoms with Crippen LogP contribution in [-0.4, -0.2) is 15.7 Å². The van der Waals surface area contributed by atoms with E-state index in [1.165, 1.54) is 41.2 Å². The molecule has 132 valence electrons. The molecule has 1 aliphatic carbocycles. The van der Waals surface area contributed by atoms with Gasteiger partial charge < -0.3 is 5.73 Å². The largest absolute Gasteiger partial charge is 0.397 e. The Kier molecular flexibility index (Phi) is 3.96. The fourth-order valence-corrected chi connectivity index (χ4v) is 4.47. The van der Waals surface area contributed by atoms with Crippen LogP contribution in [0, 0.1) is 16.0 Å². The third kappa shape index (κ3) is 2.74. The molecule has 0 saturated carbocycles. The van der Waals surface area contributed by atoms with Crippen LogP contribution in [0.3, 0.4) is 0 Å². The van der Waals surface area contributed by atoms with Crippen LogP contribution >= 0.6 is 11.3 Å². The van der Waals surface area contributed by atoms with Crippen molar-refractivity contribution >= 4 is 38.7 Å². The molecule has 1 aliphatic rings. The van der Waals surface area contributed by atoms with E-state index in [4.69, 9.17) is 10.7 Å². The first-order chi connectivity index (χ1) is 12.4. The number of aryl methyl sites for hydroxylation is 1. The molecule has 1 unspecified atom stereocenters. The minimum Gasteiger partial charge on any atom is -0.397 e. The van der Waals surface area contributed by atoms with Gasteiger partial charge in [0.05, 0.1) is 10.6 Å². The highest BCUT2D eigenvalue weighted by Crippen LogP contribution is 2.37. The van der Waals surface area contributed by atoms with E-state index < -0.39 is 4.92 Å². The van der Waals surface area contributed by atoms with Crippen LogP contribution < -0.4 is 5.73 Å². The van der Waals surface area contributed by atoms with Gasteiger partial charge in [-0.25, -0.2) is 4.98 Å². The lowest BCUT2D eigenvalue weighted by Crippen LogP contribution is -2.12. The van der Waals surface area contributed by atoms with E-state index in [9.17, 15) is 14.9 Å². The summed E-state index contributed by atoms with van der Waals surface area (Å²) in [6.45, 7) is 2.23. The summed E-state index contributed by atoms with van der Waals surface area (Å²) in [7, 11) is 0. The van der Waals surface area contributed by atoms with E-state index in [2.05, 4.69) is 13.0 Å². The summed E-state index contributed by atoms with van der Waals surface area (Å²) >= 11 is 1.29. The Morgan fingerprint density at radius 2 is 2.08 bits per heavy atom. The average Bonchev–Trinajstić information content (AvgIpc) is 2.95. The molecule has 0 bridgehead atoms. The van der Waals surface area contributed by atoms with E-state index in [1.54, 1.807) is 0 Å². The molecule has 2 aromatic heterocycles. The van der Waals surface area contributed by atoms with Crippen molar-refractivity contribution in [1.29, 1.82) is 0 Å². The number of nitro benzene ring substituents is 1. The normalized spacial score (nSPS) is 16.4. The molecule has 4 rings (SSSR count). The maximum atomic E-state index is 12.8. The van der Waals surface area contributed by atoms with Crippen LogP contribution in [0.1, 0.15) is 39.8 Å². The third-order valence-electron chi connectivity index (χ3n) is 4.88. The van der Waals surface area contributed by atoms with Gasteiger partial charge in [-0.2, -0.15) is 0 Å². The molecule has 0 aliphatic heterocycles. The number of hydrogen-bond acceptors (Lipinski definition) is 6. The van der Waals surface area contributed by atoms with Gasteiger partial charge in [-0.05, 0) is 48.9 Å². The minimum atomic E-state index is -0.489. The second kappa shape index (κ2) is 6.17. The van der Waals surface area contributed by atoms with Crippen LogP contribution in [0.25, 0.3) is 10.2 Å². The summed E-state index contributed by atoms with van der Waals surface area (Å²) in [4.78, 5) is 29.1. The summed E-state index contributed by atoms with van der Waals surface area (Å²) in [5.74, 6) is 0.398. The maximum absolute atomic E-state index is 12.8. The highest BCUT2D eigenvalue weighted by molar-refractivity contribution is 7.21. The zero-order valence-corrected chi connectivity index (χ0v) is 15.0. The van der Waals surface area contributed by atoms with Gasteiger partial charge in [-0.1, -0.05) is 6.92 Å². The monoisotopic (exact) mass is 367 g/mol. The molecule has 0 amide bonds. The summed E-state index contributed by atoms with van der Waals surface area (Å²) in [6.07, 6.45) is 3.07. The molecule has 0 spiro atoms. The van der Waals surface area contributed by atoms with Gasteiger partial charge >= 0.3 is 0 Å². The fraction of sp³-hybridized carbons (Fsp3) is 0.263. The average molecular weight is 367 g/mol. The number of nitrogens with zero attached hydrogens (tertiary/aromatic N) is 2. The summed E-state index contributed by atoms with van der Waals surface area (Å²) in [5, 5.41) is 11.6. The lowest BCUT2D eigenvalue weighted by Gasteiger charge is -2.20. The molecule has 7 heteroatoms. The van der Waals surface area contributed by atoms with Crippen molar-refractivity contribution in [3.8, 4) is 0 Å². The molecule has 0 fully saturated rings. The summed E-state index contributed by atoms with van der Waals surface area (Å²) in [6, 6.07) is 7.66. The van der Waals surface area contributed by atoms with Gasteiger partial charge in [0, 0.05) is 28.8 Å². The number of ketones is 1. The number of benzene rings is 1. The predicted molar refractivity (Wildman–Crippen MR) is 102 cm³/mol. The van der Waals surface area contributed by atoms with Gasteiger partial charge in [0.1, 0.15) is 9.71 Å². The van der Waals surface area contributed by atoms with Crippen molar-refractivity contribution in [2.24, 2.45) is 5.92 Å². The minimum absolute atomic E-state index is 0.0469. The van der Waals surface area contributed by atoms with E-state index in [1.807, 2.05) is 0 Å². The molecular formula is C19H17N3O3S. The SMILES string of the molecule is CC1CCc2nc3sc(C(=O)c4ccc([N+](=O)[O-])cc4)c(N)c3cc2C1. The van der Waals surface area contributed by atoms with E-state index in [0.29, 0.717) is 22.0 Å². The van der Waals surface area contributed by atoms with Crippen molar-refractivity contribution in [1.82, 2.24) is 4.98 Å². The number of carbonyl (C=O) groups excluding carboxylic acids is 1. The Balaban J connectivity index is 1.75. The Morgan fingerprint density at radius 3 is 2.77 bits per heavy atom. The first-order valence-electron chi connectivity index (χ1n) is 8.44. The van der Waals surface area contributed by atoms with Gasteiger partial charge in [-0.3, -0.25) is 14.9 Å². The lowest BCUT2D eigenvalue weighted by molar-refractivity contribution is -0.384. The van der Waals surface area contributed by atoms with Crippen LogP contribution in [-0.2, 0) is 12.8 Å². The quantitative estimate of drug-likeness (QED) is 0.426. The van der Waals surface area contributed by atoms with Crippen LogP contribution in [0.2, 0.25) is 0 Å². The number of hydrogen-bond donors (Lipinski definition) is 1. The zero-order chi connectivity index (χ0) is 18.4. The van der Waals surface area contributed by atoms with Gasteiger partial charge in [-0.15, -0.1) is 11.3 Å². The van der Waals surface area contributed by atoms with Crippen molar-refractivity contribution < 1.29 is 9.72 Å². The first-order valence-corrected chi connectivity index (χ1v) is 9.25. The van der Waals surface area contributed by atoms with Crippen molar-refractivity contribution in [2.75, 3.05) is 5.73 Å².